The van der Waals surface area contributed by atoms with Gasteiger partial charge in [0.25, 0.3) is 0 Å². The first kappa shape index (κ1) is 17.4. The van der Waals surface area contributed by atoms with Gasteiger partial charge >= 0.3 is 0 Å². The Labute approximate surface area is 147 Å². The highest BCUT2D eigenvalue weighted by Gasteiger charge is 2.37. The van der Waals surface area contributed by atoms with Gasteiger partial charge in [0.15, 0.2) is 0 Å². The summed E-state index contributed by atoms with van der Waals surface area (Å²) in [6.07, 6.45) is 0.258. The first-order valence-corrected chi connectivity index (χ1v) is 8.60. The molecule has 7 nitrogen and oxygen atoms in total. The second-order valence-corrected chi connectivity index (χ2v) is 6.81. The molecule has 0 saturated carbocycles. The number of piperazine rings is 1. The van der Waals surface area contributed by atoms with E-state index in [2.05, 4.69) is 0 Å². The van der Waals surface area contributed by atoms with E-state index in [1.807, 2.05) is 36.1 Å². The predicted octanol–water partition coefficient (Wildman–Crippen LogP) is -0.0226. The normalized spacial score (nSPS) is 21.6. The third-order valence-corrected chi connectivity index (χ3v) is 4.88. The maximum Gasteiger partial charge on any atom is 0.231 e. The van der Waals surface area contributed by atoms with E-state index in [1.165, 1.54) is 0 Å². The summed E-state index contributed by atoms with van der Waals surface area (Å²) in [6.45, 7) is 5.07. The topological polar surface area (TPSA) is 86.9 Å². The molecule has 0 spiro atoms. The minimum absolute atomic E-state index is 0.00503. The fourth-order valence-corrected chi connectivity index (χ4v) is 3.45. The molecule has 25 heavy (non-hydrogen) atoms. The third-order valence-electron chi connectivity index (χ3n) is 4.88. The molecule has 2 fully saturated rings. The summed E-state index contributed by atoms with van der Waals surface area (Å²) >= 11 is 0. The molecule has 134 valence electrons. The van der Waals surface area contributed by atoms with Crippen LogP contribution >= 0.6 is 0 Å². The van der Waals surface area contributed by atoms with Crippen LogP contribution in [0.2, 0.25) is 0 Å². The minimum Gasteiger partial charge on any atom is -0.369 e. The highest BCUT2D eigenvalue weighted by atomic mass is 16.2. The van der Waals surface area contributed by atoms with Crippen molar-refractivity contribution >= 4 is 23.4 Å². The molecule has 7 heteroatoms. The summed E-state index contributed by atoms with van der Waals surface area (Å²) in [6, 6.07) is 7.77. The number of nitrogens with two attached hydrogens (primary N) is 1. The fourth-order valence-electron chi connectivity index (χ4n) is 3.45. The number of aryl methyl sites for hydroxylation is 1. The summed E-state index contributed by atoms with van der Waals surface area (Å²) in [5.41, 5.74) is 7.19. The lowest BCUT2D eigenvalue weighted by Gasteiger charge is -2.35. The van der Waals surface area contributed by atoms with Gasteiger partial charge in [-0.2, -0.15) is 0 Å². The van der Waals surface area contributed by atoms with E-state index in [0.717, 1.165) is 11.3 Å². The van der Waals surface area contributed by atoms with Crippen molar-refractivity contribution in [3.05, 3.63) is 29.8 Å². The molecule has 0 aromatic heterocycles. The molecule has 0 bridgehead atoms. The largest absolute Gasteiger partial charge is 0.369 e. The molecule has 2 heterocycles. The van der Waals surface area contributed by atoms with Crippen LogP contribution in [-0.2, 0) is 14.4 Å². The Kier molecular flexibility index (Phi) is 5.03. The van der Waals surface area contributed by atoms with E-state index in [9.17, 15) is 14.4 Å². The van der Waals surface area contributed by atoms with Crippen LogP contribution in [0.1, 0.15) is 12.0 Å². The van der Waals surface area contributed by atoms with Gasteiger partial charge in [0.1, 0.15) is 0 Å². The Morgan fingerprint density at radius 1 is 1.12 bits per heavy atom. The molecular weight excluding hydrogens is 320 g/mol. The molecule has 2 aliphatic rings. The summed E-state index contributed by atoms with van der Waals surface area (Å²) in [7, 11) is 0. The molecule has 3 amide bonds. The van der Waals surface area contributed by atoms with Crippen molar-refractivity contribution in [3.8, 4) is 0 Å². The van der Waals surface area contributed by atoms with Crippen molar-refractivity contribution in [1.29, 1.82) is 0 Å². The zero-order valence-corrected chi connectivity index (χ0v) is 14.5. The van der Waals surface area contributed by atoms with Crippen molar-refractivity contribution in [1.82, 2.24) is 9.80 Å². The number of primary amides is 1. The average Bonchev–Trinajstić information content (AvgIpc) is 2.97. The lowest BCUT2D eigenvalue weighted by atomic mass is 10.1. The molecule has 1 aromatic rings. The Morgan fingerprint density at radius 3 is 2.36 bits per heavy atom. The van der Waals surface area contributed by atoms with E-state index in [-0.39, 0.29) is 36.6 Å². The van der Waals surface area contributed by atoms with Gasteiger partial charge in [0.2, 0.25) is 17.7 Å². The first-order valence-electron chi connectivity index (χ1n) is 8.60. The van der Waals surface area contributed by atoms with Gasteiger partial charge in [-0.15, -0.1) is 0 Å². The highest BCUT2D eigenvalue weighted by Crippen LogP contribution is 2.26. The second kappa shape index (κ2) is 7.23. The van der Waals surface area contributed by atoms with Gasteiger partial charge in [-0.1, -0.05) is 17.7 Å². The van der Waals surface area contributed by atoms with Gasteiger partial charge in [0, 0.05) is 44.8 Å². The number of carbonyl (C=O) groups is 3. The lowest BCUT2D eigenvalue weighted by molar-refractivity contribution is -0.137. The molecule has 0 radical (unpaired) electrons. The van der Waals surface area contributed by atoms with Gasteiger partial charge in [0.05, 0.1) is 12.5 Å². The van der Waals surface area contributed by atoms with Crippen LogP contribution in [0.4, 0.5) is 5.69 Å². The SMILES string of the molecule is Cc1ccc(N2CC(C(=O)N3CCN(CC(N)=O)CC3)CC2=O)cc1. The third kappa shape index (κ3) is 3.99. The molecule has 3 rings (SSSR count). The van der Waals surface area contributed by atoms with Crippen molar-refractivity contribution in [2.24, 2.45) is 11.7 Å². The molecule has 0 aliphatic carbocycles. The monoisotopic (exact) mass is 344 g/mol. The van der Waals surface area contributed by atoms with Crippen LogP contribution in [0.5, 0.6) is 0 Å². The van der Waals surface area contributed by atoms with Crippen LogP contribution in [0, 0.1) is 12.8 Å². The van der Waals surface area contributed by atoms with Crippen LogP contribution in [0.15, 0.2) is 24.3 Å². The smallest absolute Gasteiger partial charge is 0.231 e. The molecule has 2 saturated heterocycles. The molecule has 2 N–H and O–H groups in total. The fraction of sp³-hybridized carbons (Fsp3) is 0.500. The molecule has 1 atom stereocenters. The van der Waals surface area contributed by atoms with Gasteiger partial charge in [-0.3, -0.25) is 19.3 Å². The van der Waals surface area contributed by atoms with E-state index in [0.29, 0.717) is 32.7 Å². The van der Waals surface area contributed by atoms with Crippen molar-refractivity contribution in [2.75, 3.05) is 44.2 Å². The summed E-state index contributed by atoms with van der Waals surface area (Å²) < 4.78 is 0. The van der Waals surface area contributed by atoms with E-state index >= 15 is 0 Å². The number of hydrogen-bond donors (Lipinski definition) is 1. The Balaban J connectivity index is 1.58. The zero-order chi connectivity index (χ0) is 18.0. The van der Waals surface area contributed by atoms with E-state index < -0.39 is 0 Å². The lowest BCUT2D eigenvalue weighted by Crippen LogP contribution is -2.52. The highest BCUT2D eigenvalue weighted by molar-refractivity contribution is 6.00. The molecular formula is C18H24N4O3. The zero-order valence-electron chi connectivity index (χ0n) is 14.5. The quantitative estimate of drug-likeness (QED) is 0.831. The van der Waals surface area contributed by atoms with E-state index in [1.54, 1.807) is 9.80 Å². The summed E-state index contributed by atoms with van der Waals surface area (Å²) in [5, 5.41) is 0. The maximum absolute atomic E-state index is 12.7. The van der Waals surface area contributed by atoms with Crippen molar-refractivity contribution in [2.45, 2.75) is 13.3 Å². The Hall–Kier alpha value is -2.41. The van der Waals surface area contributed by atoms with Crippen molar-refractivity contribution < 1.29 is 14.4 Å². The number of carbonyl (C=O) groups excluding carboxylic acids is 3. The number of rotatable bonds is 4. The number of anilines is 1. The minimum atomic E-state index is -0.352. The maximum atomic E-state index is 12.7. The molecule has 1 aromatic carbocycles. The van der Waals surface area contributed by atoms with Crippen LogP contribution in [-0.4, -0.2) is 66.8 Å². The number of nitrogens with zero attached hydrogens (tertiary/aromatic N) is 3. The summed E-state index contributed by atoms with van der Waals surface area (Å²) in [4.78, 5) is 41.5. The molecule has 1 unspecified atom stereocenters. The van der Waals surface area contributed by atoms with Gasteiger partial charge in [-0.05, 0) is 19.1 Å². The van der Waals surface area contributed by atoms with Gasteiger partial charge < -0.3 is 15.5 Å². The first-order chi connectivity index (χ1) is 11.9. The van der Waals surface area contributed by atoms with Crippen molar-refractivity contribution in [3.63, 3.8) is 0 Å². The van der Waals surface area contributed by atoms with Gasteiger partial charge in [-0.25, -0.2) is 0 Å². The second-order valence-electron chi connectivity index (χ2n) is 6.81. The van der Waals surface area contributed by atoms with Crippen LogP contribution in [0.25, 0.3) is 0 Å². The molecule has 2 aliphatic heterocycles. The number of benzene rings is 1. The summed E-state index contributed by atoms with van der Waals surface area (Å²) in [5.74, 6) is -0.623. The standard InChI is InChI=1S/C18H24N4O3/c1-13-2-4-15(5-3-13)22-11-14(10-17(22)24)18(25)21-8-6-20(7-9-21)12-16(19)23/h2-5,14H,6-12H2,1H3,(H2,19,23). The predicted molar refractivity (Wildman–Crippen MR) is 93.9 cm³/mol. The average molecular weight is 344 g/mol. The number of amides is 3. The van der Waals surface area contributed by atoms with Crippen LogP contribution < -0.4 is 10.6 Å². The van der Waals surface area contributed by atoms with Crippen LogP contribution in [0.3, 0.4) is 0 Å². The number of hydrogen-bond acceptors (Lipinski definition) is 4. The van der Waals surface area contributed by atoms with E-state index in [4.69, 9.17) is 5.73 Å². The Bertz CT molecular complexity index is 665. The Morgan fingerprint density at radius 2 is 1.76 bits per heavy atom.